The summed E-state index contributed by atoms with van der Waals surface area (Å²) in [6, 6.07) is 14.5. The van der Waals surface area contributed by atoms with Crippen LogP contribution < -0.4 is 0 Å². The lowest BCUT2D eigenvalue weighted by molar-refractivity contribution is 0.0697. The van der Waals surface area contributed by atoms with Crippen molar-refractivity contribution in [2.24, 2.45) is 5.92 Å². The van der Waals surface area contributed by atoms with E-state index in [1.165, 1.54) is 15.9 Å². The molecular formula is C22H26N2O3S. The monoisotopic (exact) mass is 398 g/mol. The fourth-order valence-corrected chi connectivity index (χ4v) is 5.47. The SMILES string of the molecule is CC1CCN(C(=O)c2cccc(S(=O)(=O)N3CCc4ccccc4C3)c2)CC1. The van der Waals surface area contributed by atoms with Crippen LogP contribution in [0.3, 0.4) is 0 Å². The van der Waals surface area contributed by atoms with Gasteiger partial charge in [-0.2, -0.15) is 4.31 Å². The van der Waals surface area contributed by atoms with Gasteiger partial charge in [-0.25, -0.2) is 8.42 Å². The summed E-state index contributed by atoms with van der Waals surface area (Å²) in [5.41, 5.74) is 2.71. The van der Waals surface area contributed by atoms with Crippen molar-refractivity contribution in [2.45, 2.75) is 37.6 Å². The molecule has 0 atom stereocenters. The third-order valence-corrected chi connectivity index (χ3v) is 7.73. The average molecular weight is 399 g/mol. The number of carbonyl (C=O) groups is 1. The van der Waals surface area contributed by atoms with Crippen LogP contribution in [0.25, 0.3) is 0 Å². The van der Waals surface area contributed by atoms with E-state index in [2.05, 4.69) is 13.0 Å². The first-order chi connectivity index (χ1) is 13.4. The Hall–Kier alpha value is -2.18. The number of benzene rings is 2. The molecular weight excluding hydrogens is 372 g/mol. The number of sulfonamides is 1. The Morgan fingerprint density at radius 3 is 2.43 bits per heavy atom. The van der Waals surface area contributed by atoms with Crippen LogP contribution in [0.5, 0.6) is 0 Å². The van der Waals surface area contributed by atoms with Crippen molar-refractivity contribution in [1.82, 2.24) is 9.21 Å². The molecule has 1 saturated heterocycles. The van der Waals surface area contributed by atoms with Crippen LogP contribution in [-0.4, -0.2) is 43.2 Å². The molecule has 28 heavy (non-hydrogen) atoms. The number of amides is 1. The molecule has 0 aromatic heterocycles. The Morgan fingerprint density at radius 2 is 1.68 bits per heavy atom. The molecule has 1 amide bonds. The van der Waals surface area contributed by atoms with E-state index in [1.54, 1.807) is 18.2 Å². The fourth-order valence-electron chi connectivity index (χ4n) is 4.01. The lowest BCUT2D eigenvalue weighted by Gasteiger charge is -2.30. The molecule has 148 valence electrons. The first kappa shape index (κ1) is 19.2. The van der Waals surface area contributed by atoms with Gasteiger partial charge < -0.3 is 4.90 Å². The highest BCUT2D eigenvalue weighted by atomic mass is 32.2. The Labute approximate surface area is 167 Å². The zero-order valence-electron chi connectivity index (χ0n) is 16.2. The van der Waals surface area contributed by atoms with Crippen molar-refractivity contribution >= 4 is 15.9 Å². The van der Waals surface area contributed by atoms with Gasteiger partial charge in [0.05, 0.1) is 4.90 Å². The second-order valence-corrected chi connectivity index (χ2v) is 9.80. The highest BCUT2D eigenvalue weighted by molar-refractivity contribution is 7.89. The molecule has 6 heteroatoms. The smallest absolute Gasteiger partial charge is 0.253 e. The summed E-state index contributed by atoms with van der Waals surface area (Å²) in [4.78, 5) is 14.9. The Morgan fingerprint density at radius 1 is 0.964 bits per heavy atom. The van der Waals surface area contributed by atoms with Crippen LogP contribution in [0.15, 0.2) is 53.4 Å². The lowest BCUT2D eigenvalue weighted by atomic mass is 9.98. The van der Waals surface area contributed by atoms with Gasteiger partial charge in [0.2, 0.25) is 10.0 Å². The third-order valence-electron chi connectivity index (χ3n) is 5.89. The number of piperidine rings is 1. The summed E-state index contributed by atoms with van der Waals surface area (Å²) in [5.74, 6) is 0.561. The number of fused-ring (bicyclic) bond motifs is 1. The van der Waals surface area contributed by atoms with Gasteiger partial charge in [0.15, 0.2) is 0 Å². The predicted octanol–water partition coefficient (Wildman–Crippen LogP) is 3.31. The highest BCUT2D eigenvalue weighted by Gasteiger charge is 2.29. The van der Waals surface area contributed by atoms with Crippen molar-refractivity contribution in [1.29, 1.82) is 0 Å². The highest BCUT2D eigenvalue weighted by Crippen LogP contribution is 2.26. The van der Waals surface area contributed by atoms with E-state index in [0.717, 1.165) is 31.5 Å². The predicted molar refractivity (Wildman–Crippen MR) is 108 cm³/mol. The average Bonchev–Trinajstić information content (AvgIpc) is 2.73. The minimum atomic E-state index is -3.64. The molecule has 2 aromatic rings. The second-order valence-electron chi connectivity index (χ2n) is 7.86. The zero-order chi connectivity index (χ0) is 19.7. The van der Waals surface area contributed by atoms with Crippen LogP contribution in [0, 0.1) is 5.92 Å². The minimum Gasteiger partial charge on any atom is -0.339 e. The Kier molecular flexibility index (Phi) is 5.25. The van der Waals surface area contributed by atoms with Crippen molar-refractivity contribution < 1.29 is 13.2 Å². The number of nitrogens with zero attached hydrogens (tertiary/aromatic N) is 2. The maximum Gasteiger partial charge on any atom is 0.253 e. The van der Waals surface area contributed by atoms with Crippen LogP contribution >= 0.6 is 0 Å². The quantitative estimate of drug-likeness (QED) is 0.797. The van der Waals surface area contributed by atoms with Gasteiger partial charge in [0.25, 0.3) is 5.91 Å². The molecule has 0 N–H and O–H groups in total. The summed E-state index contributed by atoms with van der Waals surface area (Å²) < 4.78 is 27.9. The maximum absolute atomic E-state index is 13.2. The summed E-state index contributed by atoms with van der Waals surface area (Å²) in [6.45, 7) is 4.51. The van der Waals surface area contributed by atoms with Gasteiger partial charge in [-0.05, 0) is 54.5 Å². The van der Waals surface area contributed by atoms with Crippen molar-refractivity contribution in [3.63, 3.8) is 0 Å². The molecule has 0 spiro atoms. The Balaban J connectivity index is 1.56. The van der Waals surface area contributed by atoms with Crippen molar-refractivity contribution in [3.8, 4) is 0 Å². The molecule has 2 heterocycles. The van der Waals surface area contributed by atoms with Gasteiger partial charge in [0.1, 0.15) is 0 Å². The van der Waals surface area contributed by atoms with Crippen LogP contribution in [0.4, 0.5) is 0 Å². The standard InChI is InChI=1S/C22H26N2O3S/c1-17-9-12-23(13-10-17)22(25)19-7-4-8-21(15-19)28(26,27)24-14-11-18-5-2-3-6-20(18)16-24/h2-8,15,17H,9-14,16H2,1H3. The van der Waals surface area contributed by atoms with E-state index in [4.69, 9.17) is 0 Å². The molecule has 2 aromatic carbocycles. The summed E-state index contributed by atoms with van der Waals surface area (Å²) in [6.07, 6.45) is 2.70. The molecule has 4 rings (SSSR count). The van der Waals surface area contributed by atoms with Gasteiger partial charge in [-0.15, -0.1) is 0 Å². The van der Waals surface area contributed by atoms with E-state index in [9.17, 15) is 13.2 Å². The summed E-state index contributed by atoms with van der Waals surface area (Å²) in [7, 11) is -3.64. The molecule has 0 aliphatic carbocycles. The van der Waals surface area contributed by atoms with Gasteiger partial charge in [-0.1, -0.05) is 37.3 Å². The lowest BCUT2D eigenvalue weighted by Crippen LogP contribution is -2.38. The molecule has 0 bridgehead atoms. The first-order valence-corrected chi connectivity index (χ1v) is 11.4. The van der Waals surface area contributed by atoms with Crippen LogP contribution in [0.2, 0.25) is 0 Å². The third kappa shape index (κ3) is 3.71. The number of carbonyl (C=O) groups excluding carboxylic acids is 1. The maximum atomic E-state index is 13.2. The zero-order valence-corrected chi connectivity index (χ0v) is 17.0. The largest absolute Gasteiger partial charge is 0.339 e. The van der Waals surface area contributed by atoms with Crippen molar-refractivity contribution in [3.05, 3.63) is 65.2 Å². The van der Waals surface area contributed by atoms with Crippen LogP contribution in [-0.2, 0) is 23.0 Å². The van der Waals surface area contributed by atoms with E-state index < -0.39 is 10.0 Å². The van der Waals surface area contributed by atoms with E-state index >= 15 is 0 Å². The molecule has 2 aliphatic rings. The van der Waals surface area contributed by atoms with E-state index in [0.29, 0.717) is 31.0 Å². The topological polar surface area (TPSA) is 57.7 Å². The normalized spacial score (nSPS) is 18.7. The summed E-state index contributed by atoms with van der Waals surface area (Å²) >= 11 is 0. The number of rotatable bonds is 3. The molecule has 0 saturated carbocycles. The van der Waals surface area contributed by atoms with Gasteiger partial charge in [0, 0.05) is 31.7 Å². The first-order valence-electron chi connectivity index (χ1n) is 9.91. The number of hydrogen-bond acceptors (Lipinski definition) is 3. The second kappa shape index (κ2) is 7.68. The minimum absolute atomic E-state index is 0.0760. The molecule has 2 aliphatic heterocycles. The number of hydrogen-bond donors (Lipinski definition) is 0. The molecule has 0 radical (unpaired) electrons. The van der Waals surface area contributed by atoms with Crippen LogP contribution in [0.1, 0.15) is 41.3 Å². The van der Waals surface area contributed by atoms with E-state index in [-0.39, 0.29) is 10.8 Å². The van der Waals surface area contributed by atoms with Gasteiger partial charge >= 0.3 is 0 Å². The van der Waals surface area contributed by atoms with Crippen molar-refractivity contribution in [2.75, 3.05) is 19.6 Å². The molecule has 1 fully saturated rings. The Bertz CT molecular complexity index is 979. The fraction of sp³-hybridized carbons (Fsp3) is 0.409. The molecule has 0 unspecified atom stereocenters. The molecule has 5 nitrogen and oxygen atoms in total. The van der Waals surface area contributed by atoms with E-state index in [1.807, 2.05) is 23.1 Å². The van der Waals surface area contributed by atoms with Gasteiger partial charge in [-0.3, -0.25) is 4.79 Å². The number of likely N-dealkylation sites (tertiary alicyclic amines) is 1. The summed E-state index contributed by atoms with van der Waals surface area (Å²) in [5, 5.41) is 0.